The quantitative estimate of drug-likeness (QED) is 0.668. The summed E-state index contributed by atoms with van der Waals surface area (Å²) in [6.45, 7) is 2.48. The third kappa shape index (κ3) is 6.40. The van der Waals surface area contributed by atoms with Crippen LogP contribution in [0.4, 0.5) is 0 Å². The zero-order valence-electron chi connectivity index (χ0n) is 12.2. The summed E-state index contributed by atoms with van der Waals surface area (Å²) in [4.78, 5) is 14.1. The van der Waals surface area contributed by atoms with Crippen molar-refractivity contribution in [1.82, 2.24) is 10.3 Å². The van der Waals surface area contributed by atoms with E-state index in [1.54, 1.807) is 6.21 Å². The van der Waals surface area contributed by atoms with Crippen LogP contribution in [0.1, 0.15) is 37.7 Å². The van der Waals surface area contributed by atoms with E-state index in [9.17, 15) is 4.79 Å². The van der Waals surface area contributed by atoms with Gasteiger partial charge in [0, 0.05) is 4.47 Å². The standard InChI is InChI=1S/C16H22BrN3O/c17-15-8-6-14(7-9-15)12-18-19-16(21)13-20-10-4-2-1-3-5-11-20/h6-9,12H,1-5,10-11,13H2,(H,19,21)/b18-12-. The van der Waals surface area contributed by atoms with Gasteiger partial charge in [0.2, 0.25) is 0 Å². The lowest BCUT2D eigenvalue weighted by Crippen LogP contribution is -2.37. The molecular weight excluding hydrogens is 330 g/mol. The van der Waals surface area contributed by atoms with Gasteiger partial charge in [-0.15, -0.1) is 0 Å². The minimum absolute atomic E-state index is 0.0380. The van der Waals surface area contributed by atoms with Crippen LogP contribution in [0.2, 0.25) is 0 Å². The highest BCUT2D eigenvalue weighted by Crippen LogP contribution is 2.10. The molecule has 0 aromatic heterocycles. The van der Waals surface area contributed by atoms with Crippen molar-refractivity contribution in [2.75, 3.05) is 19.6 Å². The van der Waals surface area contributed by atoms with E-state index < -0.39 is 0 Å². The second-order valence-corrected chi connectivity index (χ2v) is 6.30. The van der Waals surface area contributed by atoms with Gasteiger partial charge in [-0.25, -0.2) is 5.43 Å². The summed E-state index contributed by atoms with van der Waals surface area (Å²) in [7, 11) is 0. The number of hydrogen-bond acceptors (Lipinski definition) is 3. The topological polar surface area (TPSA) is 44.7 Å². The molecule has 4 nitrogen and oxygen atoms in total. The van der Waals surface area contributed by atoms with E-state index in [1.807, 2.05) is 24.3 Å². The first kappa shape index (κ1) is 16.2. The van der Waals surface area contributed by atoms with Gasteiger partial charge in [0.05, 0.1) is 12.8 Å². The summed E-state index contributed by atoms with van der Waals surface area (Å²) in [5.74, 6) is -0.0380. The molecule has 0 saturated carbocycles. The number of halogens is 1. The molecule has 5 heteroatoms. The number of benzene rings is 1. The molecule has 0 unspecified atom stereocenters. The maximum atomic E-state index is 11.9. The van der Waals surface area contributed by atoms with Gasteiger partial charge in [0.1, 0.15) is 0 Å². The van der Waals surface area contributed by atoms with Crippen molar-refractivity contribution in [3.63, 3.8) is 0 Å². The van der Waals surface area contributed by atoms with Gasteiger partial charge in [0.15, 0.2) is 0 Å². The Kier molecular flexibility index (Phi) is 6.89. The van der Waals surface area contributed by atoms with Crippen LogP contribution >= 0.6 is 15.9 Å². The molecule has 0 spiro atoms. The monoisotopic (exact) mass is 351 g/mol. The number of carbonyl (C=O) groups is 1. The van der Waals surface area contributed by atoms with Crippen molar-refractivity contribution < 1.29 is 4.79 Å². The third-order valence-electron chi connectivity index (χ3n) is 3.59. The Balaban J connectivity index is 1.74. The highest BCUT2D eigenvalue weighted by molar-refractivity contribution is 9.10. The van der Waals surface area contributed by atoms with Gasteiger partial charge < -0.3 is 0 Å². The summed E-state index contributed by atoms with van der Waals surface area (Å²) in [5.41, 5.74) is 3.57. The molecule has 0 radical (unpaired) electrons. The first-order valence-corrected chi connectivity index (χ1v) is 8.33. The maximum Gasteiger partial charge on any atom is 0.254 e. The molecule has 1 fully saturated rings. The molecule has 1 saturated heterocycles. The predicted molar refractivity (Wildman–Crippen MR) is 89.4 cm³/mol. The lowest BCUT2D eigenvalue weighted by atomic mass is 10.1. The van der Waals surface area contributed by atoms with E-state index in [0.717, 1.165) is 23.1 Å². The predicted octanol–water partition coefficient (Wildman–Crippen LogP) is 3.17. The Bertz CT molecular complexity index is 465. The fourth-order valence-corrected chi connectivity index (χ4v) is 2.70. The van der Waals surface area contributed by atoms with Crippen molar-refractivity contribution in [1.29, 1.82) is 0 Å². The lowest BCUT2D eigenvalue weighted by Gasteiger charge is -2.23. The number of nitrogens with zero attached hydrogens (tertiary/aromatic N) is 2. The first-order valence-electron chi connectivity index (χ1n) is 7.54. The van der Waals surface area contributed by atoms with Crippen LogP contribution in [0, 0.1) is 0 Å². The maximum absolute atomic E-state index is 11.9. The lowest BCUT2D eigenvalue weighted by molar-refractivity contribution is -0.122. The van der Waals surface area contributed by atoms with Crippen LogP contribution < -0.4 is 5.43 Å². The normalized spacial score (nSPS) is 17.4. The number of hydrazone groups is 1. The zero-order chi connectivity index (χ0) is 14.9. The molecule has 0 bridgehead atoms. The zero-order valence-corrected chi connectivity index (χ0v) is 13.8. The van der Waals surface area contributed by atoms with E-state index in [0.29, 0.717) is 6.54 Å². The highest BCUT2D eigenvalue weighted by Gasteiger charge is 2.11. The summed E-state index contributed by atoms with van der Waals surface area (Å²) in [6, 6.07) is 7.78. The van der Waals surface area contributed by atoms with Crippen LogP contribution in [-0.4, -0.2) is 36.7 Å². The molecule has 1 aromatic carbocycles. The molecule has 1 amide bonds. The average molecular weight is 352 g/mol. The summed E-state index contributed by atoms with van der Waals surface area (Å²) in [5, 5.41) is 4.01. The van der Waals surface area contributed by atoms with Crippen molar-refractivity contribution in [3.05, 3.63) is 34.3 Å². The van der Waals surface area contributed by atoms with Gasteiger partial charge in [-0.1, -0.05) is 47.3 Å². The van der Waals surface area contributed by atoms with Crippen molar-refractivity contribution in [2.45, 2.75) is 32.1 Å². The third-order valence-corrected chi connectivity index (χ3v) is 4.12. The molecule has 21 heavy (non-hydrogen) atoms. The Labute approximate surface area is 134 Å². The van der Waals surface area contributed by atoms with Gasteiger partial charge in [-0.2, -0.15) is 5.10 Å². The molecule has 0 aliphatic carbocycles. The molecular formula is C16H22BrN3O. The minimum Gasteiger partial charge on any atom is -0.294 e. The molecule has 1 N–H and O–H groups in total. The van der Waals surface area contributed by atoms with Crippen LogP contribution in [0.15, 0.2) is 33.8 Å². The summed E-state index contributed by atoms with van der Waals surface area (Å²) >= 11 is 3.38. The van der Waals surface area contributed by atoms with Crippen LogP contribution in [-0.2, 0) is 4.79 Å². The Morgan fingerprint density at radius 1 is 1.14 bits per heavy atom. The number of amides is 1. The fraction of sp³-hybridized carbons (Fsp3) is 0.500. The summed E-state index contributed by atoms with van der Waals surface area (Å²) < 4.78 is 1.03. The van der Waals surface area contributed by atoms with Crippen molar-refractivity contribution >= 4 is 28.1 Å². The largest absolute Gasteiger partial charge is 0.294 e. The SMILES string of the molecule is O=C(CN1CCCCCCC1)N/N=C\c1ccc(Br)cc1. The Morgan fingerprint density at radius 2 is 1.76 bits per heavy atom. The average Bonchev–Trinajstić information content (AvgIpc) is 2.44. The van der Waals surface area contributed by atoms with Crippen LogP contribution in [0.3, 0.4) is 0 Å². The number of carbonyl (C=O) groups excluding carboxylic acids is 1. The second-order valence-electron chi connectivity index (χ2n) is 5.39. The van der Waals surface area contributed by atoms with Gasteiger partial charge in [-0.3, -0.25) is 9.69 Å². The van der Waals surface area contributed by atoms with Crippen LogP contribution in [0.25, 0.3) is 0 Å². The van der Waals surface area contributed by atoms with E-state index in [4.69, 9.17) is 0 Å². The Hall–Kier alpha value is -1.20. The minimum atomic E-state index is -0.0380. The van der Waals surface area contributed by atoms with Crippen molar-refractivity contribution in [2.24, 2.45) is 5.10 Å². The molecule has 1 aliphatic rings. The van der Waals surface area contributed by atoms with E-state index in [1.165, 1.54) is 32.1 Å². The fourth-order valence-electron chi connectivity index (χ4n) is 2.44. The molecule has 114 valence electrons. The van der Waals surface area contributed by atoms with E-state index >= 15 is 0 Å². The molecule has 1 aliphatic heterocycles. The van der Waals surface area contributed by atoms with Crippen LogP contribution in [0.5, 0.6) is 0 Å². The number of rotatable bonds is 4. The van der Waals surface area contributed by atoms with Gasteiger partial charge in [0.25, 0.3) is 5.91 Å². The molecule has 1 aromatic rings. The summed E-state index contributed by atoms with van der Waals surface area (Å²) in [6.07, 6.45) is 7.93. The number of nitrogens with one attached hydrogen (secondary N) is 1. The molecule has 0 atom stereocenters. The van der Waals surface area contributed by atoms with Gasteiger partial charge >= 0.3 is 0 Å². The highest BCUT2D eigenvalue weighted by atomic mass is 79.9. The van der Waals surface area contributed by atoms with E-state index in [-0.39, 0.29) is 5.91 Å². The molecule has 2 rings (SSSR count). The van der Waals surface area contributed by atoms with E-state index in [2.05, 4.69) is 31.4 Å². The molecule has 1 heterocycles. The number of likely N-dealkylation sites (tertiary alicyclic amines) is 1. The second kappa shape index (κ2) is 8.95. The first-order chi connectivity index (χ1) is 10.2. The van der Waals surface area contributed by atoms with Gasteiger partial charge in [-0.05, 0) is 43.6 Å². The van der Waals surface area contributed by atoms with Crippen molar-refractivity contribution in [3.8, 4) is 0 Å². The Morgan fingerprint density at radius 3 is 2.43 bits per heavy atom. The smallest absolute Gasteiger partial charge is 0.254 e. The number of hydrogen-bond donors (Lipinski definition) is 1.